The Labute approximate surface area is 332 Å². The number of benzene rings is 2. The summed E-state index contributed by atoms with van der Waals surface area (Å²) in [7, 11) is 5.74. The molecule has 58 heavy (non-hydrogen) atoms. The number of quaternary nitrogens is 1. The van der Waals surface area contributed by atoms with Gasteiger partial charge in [-0.1, -0.05) is 12.1 Å². The Morgan fingerprint density at radius 1 is 1.05 bits per heavy atom. The predicted octanol–water partition coefficient (Wildman–Crippen LogP) is 2.83. The zero-order valence-corrected chi connectivity index (χ0v) is 32.6. The average Bonchev–Trinajstić information content (AvgIpc) is 3.85. The first kappa shape index (κ1) is 39.3. The normalized spacial score (nSPS) is 17.1. The summed E-state index contributed by atoms with van der Waals surface area (Å²) in [6, 6.07) is 9.47. The lowest BCUT2D eigenvalue weighted by Crippen LogP contribution is -2.54. The molecule has 1 saturated heterocycles. The van der Waals surface area contributed by atoms with E-state index in [-0.39, 0.29) is 54.7 Å². The number of imidazole rings is 1. The summed E-state index contributed by atoms with van der Waals surface area (Å²) in [5.41, 5.74) is 6.30. The zero-order chi connectivity index (χ0) is 41.6. The van der Waals surface area contributed by atoms with E-state index in [0.717, 1.165) is 16.0 Å². The van der Waals surface area contributed by atoms with Crippen LogP contribution in [0.25, 0.3) is 11.6 Å². The largest absolute Gasteiger partial charge is 0.390 e. The highest BCUT2D eigenvalue weighted by Gasteiger charge is 2.45. The molecule has 0 bridgehead atoms. The molecule has 6 amide bonds. The fourth-order valence-corrected chi connectivity index (χ4v) is 7.76. The second-order valence-corrected chi connectivity index (χ2v) is 15.4. The molecule has 18 nitrogen and oxygen atoms in total. The molecule has 2 aromatic heterocycles. The summed E-state index contributed by atoms with van der Waals surface area (Å²) in [6.45, 7) is 5.01. The number of nitro groups is 1. The number of hydrogen-bond donors (Lipinski definition) is 5. The van der Waals surface area contributed by atoms with Crippen LogP contribution in [0.3, 0.4) is 0 Å². The smallest absolute Gasteiger partial charge is 0.383 e. The standard InChI is InChI=1S/C40H42N10O8/c1-21-29(18-26-25-17-23(9-10-27(25)45-36(26)52)13-16-50(4,5)19-31-35(49(57)58)43-20-47(31)3)44-22(2)33(21)38(54)42-15-14-41-28-8-6-7-24-34(28)40(56)48(39(24)55)30-11-12-32(51)46-37(30)53/h6-10,17-18,20,30H,11-16,19H2,1-5H3,(H4-,41,42,44,45,46,51,52,53,54,55,56)/p+1. The molecule has 2 aromatic carbocycles. The third-order valence-corrected chi connectivity index (χ3v) is 10.8. The number of aromatic amines is 1. The van der Waals surface area contributed by atoms with Crippen molar-refractivity contribution in [1.82, 2.24) is 30.1 Å². The van der Waals surface area contributed by atoms with E-state index in [1.807, 2.05) is 32.3 Å². The van der Waals surface area contributed by atoms with Crippen LogP contribution in [0, 0.1) is 24.0 Å². The van der Waals surface area contributed by atoms with Gasteiger partial charge < -0.3 is 40.1 Å². The molecule has 5 N–H and O–H groups in total. The Bertz CT molecular complexity index is 2480. The van der Waals surface area contributed by atoms with E-state index in [1.54, 1.807) is 43.7 Å². The maximum absolute atomic E-state index is 13.5. The van der Waals surface area contributed by atoms with Gasteiger partial charge in [-0.15, -0.1) is 0 Å². The van der Waals surface area contributed by atoms with Crippen molar-refractivity contribution >= 4 is 64.3 Å². The van der Waals surface area contributed by atoms with Gasteiger partial charge in [0.25, 0.3) is 23.6 Å². The van der Waals surface area contributed by atoms with Gasteiger partial charge in [-0.25, -0.2) is 0 Å². The van der Waals surface area contributed by atoms with Crippen molar-refractivity contribution in [1.29, 1.82) is 0 Å². The van der Waals surface area contributed by atoms with E-state index in [2.05, 4.69) is 31.2 Å². The molecule has 300 valence electrons. The number of rotatable bonds is 13. The van der Waals surface area contributed by atoms with Gasteiger partial charge in [-0.3, -0.25) is 39.0 Å². The topological polar surface area (TPSA) is 231 Å². The van der Waals surface area contributed by atoms with E-state index in [9.17, 15) is 38.9 Å². The summed E-state index contributed by atoms with van der Waals surface area (Å²) >= 11 is 0. The lowest BCUT2D eigenvalue weighted by atomic mass is 10.0. The highest BCUT2D eigenvalue weighted by Crippen LogP contribution is 2.36. The van der Waals surface area contributed by atoms with E-state index in [4.69, 9.17) is 0 Å². The number of carbonyl (C=O) groups is 6. The van der Waals surface area contributed by atoms with Gasteiger partial charge in [0.2, 0.25) is 18.1 Å². The molecule has 0 radical (unpaired) electrons. The van der Waals surface area contributed by atoms with Crippen LogP contribution in [0.1, 0.15) is 77.7 Å². The van der Waals surface area contributed by atoms with Crippen molar-refractivity contribution in [3.63, 3.8) is 0 Å². The maximum atomic E-state index is 13.5. The monoisotopic (exact) mass is 791 g/mol. The number of carbonyl (C=O) groups excluding carboxylic acids is 6. The fraction of sp³-hybridized carbons (Fsp3) is 0.325. The first-order valence-electron chi connectivity index (χ1n) is 18.7. The molecule has 3 aliphatic heterocycles. The second kappa shape index (κ2) is 15.2. The Morgan fingerprint density at radius 2 is 1.83 bits per heavy atom. The van der Waals surface area contributed by atoms with Crippen LogP contribution in [-0.2, 0) is 34.4 Å². The number of amides is 6. The fourth-order valence-electron chi connectivity index (χ4n) is 7.76. The molecular weight excluding hydrogens is 749 g/mol. The van der Waals surface area contributed by atoms with Gasteiger partial charge in [0.1, 0.15) is 12.6 Å². The summed E-state index contributed by atoms with van der Waals surface area (Å²) in [5, 5.41) is 22.6. The van der Waals surface area contributed by atoms with E-state index >= 15 is 0 Å². The van der Waals surface area contributed by atoms with Gasteiger partial charge in [0.15, 0.2) is 5.69 Å². The van der Waals surface area contributed by atoms with E-state index in [0.29, 0.717) is 69.1 Å². The van der Waals surface area contributed by atoms with Crippen LogP contribution in [-0.4, -0.2) is 104 Å². The Balaban J connectivity index is 0.994. The van der Waals surface area contributed by atoms with Crippen molar-refractivity contribution in [2.45, 2.75) is 45.7 Å². The van der Waals surface area contributed by atoms with Crippen LogP contribution >= 0.6 is 0 Å². The first-order chi connectivity index (χ1) is 27.5. The molecule has 18 heteroatoms. The Morgan fingerprint density at radius 3 is 2.57 bits per heavy atom. The van der Waals surface area contributed by atoms with Crippen LogP contribution < -0.4 is 21.3 Å². The van der Waals surface area contributed by atoms with Gasteiger partial charge in [-0.05, 0) is 71.6 Å². The van der Waals surface area contributed by atoms with E-state index < -0.39 is 34.6 Å². The SMILES string of the molecule is Cc1[nH]c(/C=C2\C(=O)Nc3ccc(CC[N+](C)(C)Cc4c([N+](=O)[O-])ncn4C)cc32)c(C)c1C(=O)NCCNc1cccc2c1C(=O)N(C1CCC(=O)NC1=O)C2=O. The molecule has 4 aromatic rings. The lowest BCUT2D eigenvalue weighted by molar-refractivity contribution is -0.903. The molecule has 1 fully saturated rings. The zero-order valence-electron chi connectivity index (χ0n) is 32.6. The van der Waals surface area contributed by atoms with Crippen LogP contribution in [0.2, 0.25) is 0 Å². The molecule has 1 unspecified atom stereocenters. The summed E-state index contributed by atoms with van der Waals surface area (Å²) < 4.78 is 2.14. The Kier molecular flexibility index (Phi) is 10.3. The van der Waals surface area contributed by atoms with Crippen molar-refractivity contribution in [2.75, 3.05) is 44.4 Å². The van der Waals surface area contributed by atoms with Crippen molar-refractivity contribution < 1.29 is 38.2 Å². The molecule has 1 atom stereocenters. The number of likely N-dealkylation sites (N-methyl/N-ethyl adjacent to an activating group) is 1. The molecule has 0 aliphatic carbocycles. The minimum absolute atomic E-state index is 0.0183. The highest BCUT2D eigenvalue weighted by atomic mass is 16.6. The molecular formula is C40H43N10O8+. The molecule has 0 spiro atoms. The third-order valence-electron chi connectivity index (χ3n) is 10.8. The highest BCUT2D eigenvalue weighted by molar-refractivity contribution is 6.35. The second-order valence-electron chi connectivity index (χ2n) is 15.4. The number of imide groups is 2. The summed E-state index contributed by atoms with van der Waals surface area (Å²) in [5.74, 6) is -3.15. The lowest BCUT2D eigenvalue weighted by Gasteiger charge is -2.29. The van der Waals surface area contributed by atoms with Gasteiger partial charge in [0.05, 0.1) is 42.9 Å². The number of aryl methyl sites for hydroxylation is 2. The van der Waals surface area contributed by atoms with Crippen molar-refractivity contribution in [2.24, 2.45) is 7.05 Å². The number of nitrogens with one attached hydrogen (secondary N) is 5. The molecule has 0 saturated carbocycles. The maximum Gasteiger partial charge on any atom is 0.390 e. The molecule has 3 aliphatic rings. The quantitative estimate of drug-likeness (QED) is 0.0332. The van der Waals surface area contributed by atoms with Crippen LogP contribution in [0.4, 0.5) is 17.2 Å². The summed E-state index contributed by atoms with van der Waals surface area (Å²) in [6.07, 6.45) is 3.90. The minimum atomic E-state index is -1.08. The number of fused-ring (bicyclic) bond motifs is 2. The first-order valence-corrected chi connectivity index (χ1v) is 18.7. The third kappa shape index (κ3) is 7.36. The van der Waals surface area contributed by atoms with Gasteiger partial charge in [-0.2, -0.15) is 0 Å². The number of aromatic nitrogens is 3. The molecule has 7 rings (SSSR count). The number of piperidine rings is 1. The van der Waals surface area contributed by atoms with Crippen molar-refractivity contribution in [3.05, 3.63) is 103 Å². The minimum Gasteiger partial charge on any atom is -0.383 e. The van der Waals surface area contributed by atoms with Gasteiger partial charge >= 0.3 is 5.82 Å². The number of H-pyrrole nitrogens is 1. The van der Waals surface area contributed by atoms with Gasteiger partial charge in [0, 0.05) is 61.3 Å². The van der Waals surface area contributed by atoms with Crippen LogP contribution in [0.5, 0.6) is 0 Å². The predicted molar refractivity (Wildman–Crippen MR) is 211 cm³/mol. The van der Waals surface area contributed by atoms with Crippen LogP contribution in [0.15, 0.2) is 42.7 Å². The number of nitrogens with zero attached hydrogens (tertiary/aromatic N) is 5. The number of anilines is 2. The average molecular weight is 792 g/mol. The summed E-state index contributed by atoms with van der Waals surface area (Å²) in [4.78, 5) is 96.5. The number of hydrogen-bond acceptors (Lipinski definition) is 10. The van der Waals surface area contributed by atoms with Crippen molar-refractivity contribution in [3.8, 4) is 0 Å². The molecule has 5 heterocycles. The van der Waals surface area contributed by atoms with E-state index in [1.165, 1.54) is 12.4 Å². The Hall–Kier alpha value is -6.95.